The second-order valence-corrected chi connectivity index (χ2v) is 12.2. The van der Waals surface area contributed by atoms with Gasteiger partial charge in [0.2, 0.25) is 23.5 Å². The highest BCUT2D eigenvalue weighted by Crippen LogP contribution is 2.35. The van der Waals surface area contributed by atoms with E-state index in [4.69, 9.17) is 0 Å². The molecule has 0 aromatic carbocycles. The maximum Gasteiger partial charge on any atom is 0.405 e. The van der Waals surface area contributed by atoms with E-state index in [1.54, 1.807) is 20.8 Å². The van der Waals surface area contributed by atoms with Gasteiger partial charge in [0.15, 0.2) is 0 Å². The molecule has 0 bridgehead atoms. The normalized spacial score (nSPS) is 21.4. The number of carbonyl (C=O) groups is 5. The van der Waals surface area contributed by atoms with E-state index >= 15 is 0 Å². The molecule has 1 saturated heterocycles. The number of alkyl halides is 2. The number of hydrogen-bond acceptors (Lipinski definition) is 5. The summed E-state index contributed by atoms with van der Waals surface area (Å²) in [5.41, 5.74) is -1.18. The number of carboxylic acid groups (broad SMARTS) is 1. The van der Waals surface area contributed by atoms with Crippen molar-refractivity contribution in [1.82, 2.24) is 20.9 Å². The Bertz CT molecular complexity index is 908. The summed E-state index contributed by atoms with van der Waals surface area (Å²) in [6, 6.07) is -3.86. The van der Waals surface area contributed by atoms with Crippen LogP contribution in [0.5, 0.6) is 0 Å². The van der Waals surface area contributed by atoms with Gasteiger partial charge in [-0.1, -0.05) is 34.6 Å². The standard InChI is InChI=1S/C25H40F2N4O6/c1-23(2,3)18(30-22(36)37)21(35)31-12-11-24(4,5)13-16(31)19(33)29-15(9-10-25(6,26)27)17(32)20(34)28-14-7-8-14/h14-16,18,30H,7-13H2,1-6H3,(H,28,34)(H,29,33)(H,36,37). The van der Waals surface area contributed by atoms with E-state index in [0.717, 1.165) is 12.8 Å². The number of ketones is 1. The molecule has 0 spiro atoms. The van der Waals surface area contributed by atoms with E-state index < -0.39 is 71.9 Å². The average Bonchev–Trinajstić information content (AvgIpc) is 3.55. The van der Waals surface area contributed by atoms with Gasteiger partial charge in [0.25, 0.3) is 5.91 Å². The molecular formula is C25H40F2N4O6. The Morgan fingerprint density at radius 2 is 1.65 bits per heavy atom. The van der Waals surface area contributed by atoms with Crippen molar-refractivity contribution in [3.8, 4) is 0 Å². The fourth-order valence-corrected chi connectivity index (χ4v) is 4.33. The van der Waals surface area contributed by atoms with Gasteiger partial charge in [-0.05, 0) is 49.9 Å². The molecule has 0 radical (unpaired) electrons. The van der Waals surface area contributed by atoms with Crippen molar-refractivity contribution in [3.05, 3.63) is 0 Å². The van der Waals surface area contributed by atoms with Gasteiger partial charge >= 0.3 is 6.09 Å². The van der Waals surface area contributed by atoms with E-state index in [9.17, 15) is 37.9 Å². The highest BCUT2D eigenvalue weighted by Gasteiger charge is 2.45. The van der Waals surface area contributed by atoms with Crippen molar-refractivity contribution in [1.29, 1.82) is 0 Å². The highest BCUT2D eigenvalue weighted by atomic mass is 19.3. The number of nitrogens with one attached hydrogen (secondary N) is 3. The summed E-state index contributed by atoms with van der Waals surface area (Å²) in [5, 5.41) is 16.5. The first-order valence-corrected chi connectivity index (χ1v) is 12.6. The van der Waals surface area contributed by atoms with Gasteiger partial charge in [-0.15, -0.1) is 0 Å². The molecule has 4 N–H and O–H groups in total. The summed E-state index contributed by atoms with van der Waals surface area (Å²) >= 11 is 0. The minimum Gasteiger partial charge on any atom is -0.465 e. The van der Waals surface area contributed by atoms with Crippen LogP contribution in [0.15, 0.2) is 0 Å². The van der Waals surface area contributed by atoms with E-state index in [1.807, 2.05) is 13.8 Å². The molecular weight excluding hydrogens is 490 g/mol. The lowest BCUT2D eigenvalue weighted by Gasteiger charge is -2.45. The van der Waals surface area contributed by atoms with Gasteiger partial charge in [0.1, 0.15) is 12.1 Å². The number of Topliss-reactive ketones (excluding diaryl/α,β-unsaturated/α-hetero) is 1. The van der Waals surface area contributed by atoms with Crippen molar-refractivity contribution in [2.24, 2.45) is 10.8 Å². The topological polar surface area (TPSA) is 145 Å². The van der Waals surface area contributed by atoms with Crippen molar-refractivity contribution in [3.63, 3.8) is 0 Å². The Balaban J connectivity index is 2.30. The van der Waals surface area contributed by atoms with Gasteiger partial charge < -0.3 is 26.0 Å². The molecule has 3 unspecified atom stereocenters. The van der Waals surface area contributed by atoms with Crippen LogP contribution in [0, 0.1) is 10.8 Å². The first-order chi connectivity index (χ1) is 16.8. The van der Waals surface area contributed by atoms with E-state index in [0.29, 0.717) is 13.3 Å². The minimum absolute atomic E-state index is 0.135. The van der Waals surface area contributed by atoms with Gasteiger partial charge in [0, 0.05) is 19.0 Å². The summed E-state index contributed by atoms with van der Waals surface area (Å²) in [6.45, 7) is 9.73. The molecule has 4 amide bonds. The zero-order chi connectivity index (χ0) is 28.3. The van der Waals surface area contributed by atoms with Crippen molar-refractivity contribution >= 4 is 29.6 Å². The second-order valence-electron chi connectivity index (χ2n) is 12.2. The molecule has 210 valence electrons. The number of nitrogens with zero attached hydrogens (tertiary/aromatic N) is 1. The molecule has 1 saturated carbocycles. The summed E-state index contributed by atoms with van der Waals surface area (Å²) in [5.74, 6) is -6.42. The highest BCUT2D eigenvalue weighted by molar-refractivity contribution is 6.38. The number of hydrogen-bond donors (Lipinski definition) is 4. The van der Waals surface area contributed by atoms with E-state index in [2.05, 4.69) is 16.0 Å². The molecule has 2 fully saturated rings. The fourth-order valence-electron chi connectivity index (χ4n) is 4.33. The van der Waals surface area contributed by atoms with Crippen LogP contribution in [0.25, 0.3) is 0 Å². The number of likely N-dealkylation sites (tertiary alicyclic amines) is 1. The summed E-state index contributed by atoms with van der Waals surface area (Å²) < 4.78 is 27.2. The Kier molecular flexibility index (Phi) is 9.30. The van der Waals surface area contributed by atoms with Crippen LogP contribution in [-0.2, 0) is 19.2 Å². The fraction of sp³-hybridized carbons (Fsp3) is 0.800. The zero-order valence-corrected chi connectivity index (χ0v) is 22.5. The molecule has 2 rings (SSSR count). The first-order valence-electron chi connectivity index (χ1n) is 12.6. The number of piperidine rings is 1. The van der Waals surface area contributed by atoms with Crippen LogP contribution >= 0.6 is 0 Å². The minimum atomic E-state index is -3.12. The molecule has 0 aromatic rings. The van der Waals surface area contributed by atoms with Gasteiger partial charge in [-0.25, -0.2) is 13.6 Å². The SMILES string of the molecule is CC(F)(F)CCC(NC(=O)C1CC(C)(C)CCN1C(=O)C(NC(=O)O)C(C)(C)C)C(=O)C(=O)NC1CC1. The molecule has 37 heavy (non-hydrogen) atoms. The molecule has 1 aliphatic heterocycles. The van der Waals surface area contributed by atoms with Gasteiger partial charge in [-0.3, -0.25) is 19.2 Å². The lowest BCUT2D eigenvalue weighted by atomic mass is 9.77. The van der Waals surface area contributed by atoms with Crippen LogP contribution in [0.2, 0.25) is 0 Å². The number of halogens is 2. The van der Waals surface area contributed by atoms with Crippen molar-refractivity contribution in [2.45, 2.75) is 110 Å². The van der Waals surface area contributed by atoms with Crippen LogP contribution in [0.3, 0.4) is 0 Å². The lowest BCUT2D eigenvalue weighted by Crippen LogP contribution is -2.63. The molecule has 10 nitrogen and oxygen atoms in total. The third-order valence-corrected chi connectivity index (χ3v) is 6.76. The number of amides is 4. The molecule has 0 aromatic heterocycles. The van der Waals surface area contributed by atoms with Crippen molar-refractivity contribution in [2.75, 3.05) is 6.54 Å². The average molecular weight is 531 g/mol. The predicted molar refractivity (Wildman–Crippen MR) is 131 cm³/mol. The monoisotopic (exact) mass is 530 g/mol. The van der Waals surface area contributed by atoms with Crippen LogP contribution in [-0.4, -0.2) is 76.2 Å². The van der Waals surface area contributed by atoms with Crippen LogP contribution < -0.4 is 16.0 Å². The smallest absolute Gasteiger partial charge is 0.405 e. The molecule has 12 heteroatoms. The second kappa shape index (κ2) is 11.3. The first kappa shape index (κ1) is 30.4. The van der Waals surface area contributed by atoms with Crippen LogP contribution in [0.4, 0.5) is 13.6 Å². The number of carbonyl (C=O) groups excluding carboxylic acids is 4. The summed E-state index contributed by atoms with van der Waals surface area (Å²) in [4.78, 5) is 64.8. The quantitative estimate of drug-likeness (QED) is 0.319. The Morgan fingerprint density at radius 3 is 2.14 bits per heavy atom. The Labute approximate surface area is 216 Å². The Morgan fingerprint density at radius 1 is 1.05 bits per heavy atom. The third-order valence-electron chi connectivity index (χ3n) is 6.76. The summed E-state index contributed by atoms with van der Waals surface area (Å²) in [7, 11) is 0. The number of rotatable bonds is 10. The molecule has 1 heterocycles. The maximum atomic E-state index is 13.6. The lowest BCUT2D eigenvalue weighted by molar-refractivity contribution is -0.149. The molecule has 3 atom stereocenters. The maximum absolute atomic E-state index is 13.6. The largest absolute Gasteiger partial charge is 0.465 e. The summed E-state index contributed by atoms with van der Waals surface area (Å²) in [6.07, 6.45) is -0.393. The van der Waals surface area contributed by atoms with Gasteiger partial charge in [-0.2, -0.15) is 0 Å². The molecule has 2 aliphatic rings. The molecule has 1 aliphatic carbocycles. The zero-order valence-electron chi connectivity index (χ0n) is 22.5. The van der Waals surface area contributed by atoms with E-state index in [-0.39, 0.29) is 24.4 Å². The third kappa shape index (κ3) is 9.23. The Hall–Kier alpha value is -2.79. The predicted octanol–water partition coefficient (Wildman–Crippen LogP) is 2.45. The van der Waals surface area contributed by atoms with E-state index in [1.165, 1.54) is 4.90 Å². The van der Waals surface area contributed by atoms with Crippen LogP contribution in [0.1, 0.15) is 80.1 Å². The van der Waals surface area contributed by atoms with Gasteiger partial charge in [0.05, 0.1) is 6.04 Å². The van der Waals surface area contributed by atoms with Crippen molar-refractivity contribution < 1.29 is 37.9 Å².